The van der Waals surface area contributed by atoms with E-state index in [4.69, 9.17) is 5.73 Å². The zero-order valence-corrected chi connectivity index (χ0v) is 11.6. The summed E-state index contributed by atoms with van der Waals surface area (Å²) in [5.74, 6) is 4.95. The van der Waals surface area contributed by atoms with Gasteiger partial charge in [-0.05, 0) is 55.0 Å². The molecule has 0 radical (unpaired) electrons. The summed E-state index contributed by atoms with van der Waals surface area (Å²) in [6, 6.07) is 11.2. The fourth-order valence-corrected chi connectivity index (χ4v) is 1.87. The fraction of sp³-hybridized carbons (Fsp3) is 0.118. The van der Waals surface area contributed by atoms with E-state index in [0.717, 1.165) is 11.1 Å². The van der Waals surface area contributed by atoms with Crippen LogP contribution in [0.3, 0.4) is 0 Å². The van der Waals surface area contributed by atoms with Gasteiger partial charge in [0.25, 0.3) is 5.91 Å². The summed E-state index contributed by atoms with van der Waals surface area (Å²) < 4.78 is 13.3. The number of halogens is 1. The first kappa shape index (κ1) is 14.8. The van der Waals surface area contributed by atoms with Gasteiger partial charge in [0, 0.05) is 16.8 Å². The molecule has 0 bridgehead atoms. The Labute approximate surface area is 123 Å². The number of hydrogen-bond acceptors (Lipinski definition) is 2. The van der Waals surface area contributed by atoms with Crippen molar-refractivity contribution in [2.75, 3.05) is 11.9 Å². The first-order valence-corrected chi connectivity index (χ1v) is 6.46. The minimum Gasteiger partial charge on any atom is -0.322 e. The average molecular weight is 282 g/mol. The first-order chi connectivity index (χ1) is 10.1. The van der Waals surface area contributed by atoms with Crippen LogP contribution in [0.15, 0.2) is 42.5 Å². The van der Waals surface area contributed by atoms with Crippen LogP contribution >= 0.6 is 0 Å². The third kappa shape index (κ3) is 4.16. The molecule has 0 atom stereocenters. The number of carbonyl (C=O) groups is 1. The zero-order chi connectivity index (χ0) is 15.2. The van der Waals surface area contributed by atoms with Gasteiger partial charge in [-0.15, -0.1) is 0 Å². The van der Waals surface area contributed by atoms with Crippen molar-refractivity contribution in [3.05, 3.63) is 65.0 Å². The highest BCUT2D eigenvalue weighted by atomic mass is 19.1. The van der Waals surface area contributed by atoms with E-state index in [1.165, 1.54) is 12.1 Å². The summed E-state index contributed by atoms with van der Waals surface area (Å²) in [7, 11) is 0. The van der Waals surface area contributed by atoms with Crippen molar-refractivity contribution in [1.82, 2.24) is 0 Å². The molecule has 0 aliphatic carbocycles. The first-order valence-electron chi connectivity index (χ1n) is 6.46. The number of hydrogen-bond donors (Lipinski definition) is 2. The summed E-state index contributed by atoms with van der Waals surface area (Å²) in [5, 5.41) is 2.67. The molecule has 2 rings (SSSR count). The van der Waals surface area contributed by atoms with Gasteiger partial charge in [0.1, 0.15) is 5.82 Å². The van der Waals surface area contributed by atoms with E-state index < -0.39 is 0 Å². The van der Waals surface area contributed by atoms with Gasteiger partial charge in [-0.2, -0.15) is 0 Å². The molecule has 3 N–H and O–H groups in total. The number of nitrogens with one attached hydrogen (secondary N) is 1. The summed E-state index contributed by atoms with van der Waals surface area (Å²) in [4.78, 5) is 12.1. The van der Waals surface area contributed by atoms with Crippen LogP contribution in [0.25, 0.3) is 0 Å². The normalized spacial score (nSPS) is 9.67. The van der Waals surface area contributed by atoms with Crippen LogP contribution in [0.5, 0.6) is 0 Å². The molecular weight excluding hydrogens is 267 g/mol. The average Bonchev–Trinajstić information content (AvgIpc) is 2.44. The third-order valence-corrected chi connectivity index (χ3v) is 2.78. The number of anilines is 1. The predicted molar refractivity (Wildman–Crippen MR) is 81.5 cm³/mol. The molecule has 0 saturated carbocycles. The lowest BCUT2D eigenvalue weighted by atomic mass is 10.1. The molecule has 106 valence electrons. The second-order valence-corrected chi connectivity index (χ2v) is 4.55. The van der Waals surface area contributed by atoms with Crippen molar-refractivity contribution >= 4 is 11.6 Å². The standard InChI is InChI=1S/C17H15FN2O/c1-12-9-15(18)11-16(10-12)20-17(21)14-6-4-13(5-7-14)3-2-8-19/h4-7,9-11H,8,19H2,1H3,(H,20,21). The maximum Gasteiger partial charge on any atom is 0.255 e. The highest BCUT2D eigenvalue weighted by Crippen LogP contribution is 2.14. The van der Waals surface area contributed by atoms with Crippen molar-refractivity contribution in [1.29, 1.82) is 0 Å². The van der Waals surface area contributed by atoms with E-state index in [9.17, 15) is 9.18 Å². The lowest BCUT2D eigenvalue weighted by Gasteiger charge is -2.06. The van der Waals surface area contributed by atoms with E-state index in [-0.39, 0.29) is 11.7 Å². The van der Waals surface area contributed by atoms with Crippen LogP contribution in [-0.4, -0.2) is 12.5 Å². The van der Waals surface area contributed by atoms with Crippen molar-refractivity contribution in [2.24, 2.45) is 5.73 Å². The molecule has 0 aliphatic rings. The number of rotatable bonds is 2. The van der Waals surface area contributed by atoms with Gasteiger partial charge < -0.3 is 11.1 Å². The van der Waals surface area contributed by atoms with Gasteiger partial charge in [0.2, 0.25) is 0 Å². The van der Waals surface area contributed by atoms with Crippen LogP contribution in [0.2, 0.25) is 0 Å². The Balaban J connectivity index is 2.13. The molecule has 0 aromatic heterocycles. The number of aryl methyl sites for hydroxylation is 1. The lowest BCUT2D eigenvalue weighted by Crippen LogP contribution is -2.12. The molecule has 2 aromatic rings. The van der Waals surface area contributed by atoms with E-state index in [1.807, 2.05) is 0 Å². The fourth-order valence-electron chi connectivity index (χ4n) is 1.87. The second-order valence-electron chi connectivity index (χ2n) is 4.55. The minimum absolute atomic E-state index is 0.293. The van der Waals surface area contributed by atoms with Gasteiger partial charge in [-0.1, -0.05) is 11.8 Å². The maximum absolute atomic E-state index is 13.3. The van der Waals surface area contributed by atoms with E-state index in [0.29, 0.717) is 17.8 Å². The van der Waals surface area contributed by atoms with Crippen molar-refractivity contribution in [2.45, 2.75) is 6.92 Å². The topological polar surface area (TPSA) is 55.1 Å². The second kappa shape index (κ2) is 6.69. The molecule has 0 aliphatic heterocycles. The summed E-state index contributed by atoms with van der Waals surface area (Å²) in [6.45, 7) is 2.06. The quantitative estimate of drug-likeness (QED) is 0.832. The molecule has 0 saturated heterocycles. The Kier molecular flexibility index (Phi) is 4.70. The van der Waals surface area contributed by atoms with E-state index in [1.54, 1.807) is 37.3 Å². The third-order valence-electron chi connectivity index (χ3n) is 2.78. The SMILES string of the molecule is Cc1cc(F)cc(NC(=O)c2ccc(C#CCN)cc2)c1. The smallest absolute Gasteiger partial charge is 0.255 e. The summed E-state index contributed by atoms with van der Waals surface area (Å²) in [5.41, 5.74) is 7.75. The van der Waals surface area contributed by atoms with Crippen molar-refractivity contribution < 1.29 is 9.18 Å². The molecule has 21 heavy (non-hydrogen) atoms. The molecule has 3 nitrogen and oxygen atoms in total. The van der Waals surface area contributed by atoms with E-state index >= 15 is 0 Å². The van der Waals surface area contributed by atoms with Crippen LogP contribution in [0, 0.1) is 24.6 Å². The summed E-state index contributed by atoms with van der Waals surface area (Å²) in [6.07, 6.45) is 0. The van der Waals surface area contributed by atoms with Gasteiger partial charge >= 0.3 is 0 Å². The van der Waals surface area contributed by atoms with Gasteiger partial charge in [-0.25, -0.2) is 4.39 Å². The molecule has 1 amide bonds. The molecule has 0 heterocycles. The molecule has 0 spiro atoms. The number of benzene rings is 2. The highest BCUT2D eigenvalue weighted by Gasteiger charge is 2.07. The maximum atomic E-state index is 13.3. The van der Waals surface area contributed by atoms with Crippen molar-refractivity contribution in [3.8, 4) is 11.8 Å². The van der Waals surface area contributed by atoms with E-state index in [2.05, 4.69) is 17.2 Å². The minimum atomic E-state index is -0.377. The van der Waals surface area contributed by atoms with Crippen LogP contribution in [0.1, 0.15) is 21.5 Å². The highest BCUT2D eigenvalue weighted by molar-refractivity contribution is 6.04. The lowest BCUT2D eigenvalue weighted by molar-refractivity contribution is 0.102. The number of nitrogens with two attached hydrogens (primary N) is 1. The van der Waals surface area contributed by atoms with Gasteiger partial charge in [-0.3, -0.25) is 4.79 Å². The Morgan fingerprint density at radius 1 is 1.24 bits per heavy atom. The predicted octanol–water partition coefficient (Wildman–Crippen LogP) is 2.70. The van der Waals surface area contributed by atoms with Gasteiger partial charge in [0.05, 0.1) is 6.54 Å². The van der Waals surface area contributed by atoms with Crippen LogP contribution in [0.4, 0.5) is 10.1 Å². The molecule has 2 aromatic carbocycles. The van der Waals surface area contributed by atoms with Crippen LogP contribution in [-0.2, 0) is 0 Å². The summed E-state index contributed by atoms with van der Waals surface area (Å²) >= 11 is 0. The molecule has 0 unspecified atom stereocenters. The van der Waals surface area contributed by atoms with Crippen molar-refractivity contribution in [3.63, 3.8) is 0 Å². The monoisotopic (exact) mass is 282 g/mol. The Morgan fingerprint density at radius 3 is 2.57 bits per heavy atom. The van der Waals surface area contributed by atoms with Gasteiger partial charge in [0.15, 0.2) is 0 Å². The Bertz CT molecular complexity index is 692. The largest absolute Gasteiger partial charge is 0.322 e. The number of carbonyl (C=O) groups excluding carboxylic acids is 1. The number of amides is 1. The Hall–Kier alpha value is -2.64. The molecule has 4 heteroatoms. The molecular formula is C17H15FN2O. The molecule has 0 fully saturated rings. The van der Waals surface area contributed by atoms with Crippen LogP contribution < -0.4 is 11.1 Å². The zero-order valence-electron chi connectivity index (χ0n) is 11.6. The Morgan fingerprint density at radius 2 is 1.95 bits per heavy atom.